The zero-order valence-corrected chi connectivity index (χ0v) is 13.3. The van der Waals surface area contributed by atoms with E-state index in [-0.39, 0.29) is 17.1 Å². The van der Waals surface area contributed by atoms with E-state index in [1.54, 1.807) is 25.3 Å². The molecular weight excluding hydrogens is 310 g/mol. The number of benzene rings is 1. The average molecular weight is 325 g/mol. The summed E-state index contributed by atoms with van der Waals surface area (Å²) in [5, 5.41) is 0.444. The average Bonchev–Trinajstić information content (AvgIpc) is 3.11. The Morgan fingerprint density at radius 3 is 2.65 bits per heavy atom. The van der Waals surface area contributed by atoms with E-state index in [2.05, 4.69) is 15.0 Å². The van der Waals surface area contributed by atoms with E-state index in [9.17, 15) is 9.59 Å². The maximum atomic E-state index is 12.1. The third-order valence-corrected chi connectivity index (χ3v) is 4.29. The van der Waals surface area contributed by atoms with Crippen LogP contribution in [-0.2, 0) is 0 Å². The summed E-state index contributed by atoms with van der Waals surface area (Å²) in [5.41, 5.74) is 2.46. The van der Waals surface area contributed by atoms with Gasteiger partial charge in [0.1, 0.15) is 0 Å². The van der Waals surface area contributed by atoms with Crippen molar-refractivity contribution < 1.29 is 4.79 Å². The molecule has 0 spiro atoms. The molecule has 3 aromatic rings. The van der Waals surface area contributed by atoms with Crippen molar-refractivity contribution in [1.82, 2.24) is 15.0 Å². The summed E-state index contributed by atoms with van der Waals surface area (Å²) in [5.74, 6) is 0.172. The lowest BCUT2D eigenvalue weighted by Crippen LogP contribution is -2.14. The SMILES string of the molecule is Cc1c(-c2ccccc2)nc(SCC(=O)c2ccc[nH]2)[nH]c1=O. The molecule has 0 aliphatic rings. The van der Waals surface area contributed by atoms with Crippen molar-refractivity contribution in [1.29, 1.82) is 0 Å². The van der Waals surface area contributed by atoms with Crippen molar-refractivity contribution in [2.75, 3.05) is 5.75 Å². The zero-order chi connectivity index (χ0) is 16.2. The fourth-order valence-electron chi connectivity index (χ4n) is 2.17. The number of aromatic nitrogens is 3. The molecule has 2 N–H and O–H groups in total. The van der Waals surface area contributed by atoms with Gasteiger partial charge in [0.05, 0.1) is 17.1 Å². The molecule has 0 amide bonds. The molecule has 6 heteroatoms. The largest absolute Gasteiger partial charge is 0.359 e. The molecule has 3 rings (SSSR count). The highest BCUT2D eigenvalue weighted by Crippen LogP contribution is 2.21. The molecular formula is C17H15N3O2S. The minimum atomic E-state index is -0.186. The van der Waals surface area contributed by atoms with Crippen LogP contribution < -0.4 is 5.56 Å². The second-order valence-electron chi connectivity index (χ2n) is 5.01. The highest BCUT2D eigenvalue weighted by molar-refractivity contribution is 7.99. The molecule has 0 saturated heterocycles. The molecule has 0 saturated carbocycles. The number of hydrogen-bond acceptors (Lipinski definition) is 4. The molecule has 23 heavy (non-hydrogen) atoms. The topological polar surface area (TPSA) is 78.6 Å². The van der Waals surface area contributed by atoms with E-state index in [1.165, 1.54) is 11.8 Å². The fraction of sp³-hybridized carbons (Fsp3) is 0.118. The predicted octanol–water partition coefficient (Wildman–Crippen LogP) is 3.05. The number of aromatic amines is 2. The van der Waals surface area contributed by atoms with Crippen LogP contribution >= 0.6 is 11.8 Å². The van der Waals surface area contributed by atoms with Crippen LogP contribution in [0.1, 0.15) is 16.1 Å². The summed E-state index contributed by atoms with van der Waals surface area (Å²) in [6, 6.07) is 13.0. The first kappa shape index (κ1) is 15.3. The normalized spacial score (nSPS) is 10.7. The Balaban J connectivity index is 1.85. The molecule has 0 aliphatic carbocycles. The summed E-state index contributed by atoms with van der Waals surface area (Å²) in [6.45, 7) is 1.74. The summed E-state index contributed by atoms with van der Waals surface area (Å²) in [7, 11) is 0. The molecule has 0 unspecified atom stereocenters. The zero-order valence-electron chi connectivity index (χ0n) is 12.5. The van der Waals surface area contributed by atoms with Crippen LogP contribution in [0.3, 0.4) is 0 Å². The summed E-state index contributed by atoms with van der Waals surface area (Å²) >= 11 is 1.22. The van der Waals surface area contributed by atoms with Crippen LogP contribution in [0.25, 0.3) is 11.3 Å². The minimum absolute atomic E-state index is 0.0375. The van der Waals surface area contributed by atoms with Crippen LogP contribution in [0.4, 0.5) is 0 Å². The van der Waals surface area contributed by atoms with E-state index in [1.807, 2.05) is 30.3 Å². The quantitative estimate of drug-likeness (QED) is 0.429. The van der Waals surface area contributed by atoms with Gasteiger partial charge in [0.2, 0.25) is 0 Å². The Morgan fingerprint density at radius 2 is 1.96 bits per heavy atom. The smallest absolute Gasteiger partial charge is 0.255 e. The number of rotatable bonds is 5. The number of ketones is 1. The lowest BCUT2D eigenvalue weighted by atomic mass is 10.1. The number of carbonyl (C=O) groups is 1. The van der Waals surface area contributed by atoms with Gasteiger partial charge >= 0.3 is 0 Å². The lowest BCUT2D eigenvalue weighted by molar-refractivity contribution is 0.101. The Kier molecular flexibility index (Phi) is 4.43. The monoisotopic (exact) mass is 325 g/mol. The van der Waals surface area contributed by atoms with Crippen LogP contribution in [0.15, 0.2) is 58.6 Å². The van der Waals surface area contributed by atoms with Gasteiger partial charge in [-0.2, -0.15) is 0 Å². The molecule has 0 bridgehead atoms. The number of thioether (sulfide) groups is 1. The third kappa shape index (κ3) is 3.43. The molecule has 116 valence electrons. The van der Waals surface area contributed by atoms with Crippen LogP contribution in [-0.4, -0.2) is 26.5 Å². The van der Waals surface area contributed by atoms with Gasteiger partial charge in [0.25, 0.3) is 5.56 Å². The van der Waals surface area contributed by atoms with Crippen molar-refractivity contribution in [3.63, 3.8) is 0 Å². The number of hydrogen-bond donors (Lipinski definition) is 2. The van der Waals surface area contributed by atoms with Crippen molar-refractivity contribution in [3.05, 3.63) is 70.3 Å². The molecule has 0 atom stereocenters. The second-order valence-corrected chi connectivity index (χ2v) is 5.97. The highest BCUT2D eigenvalue weighted by Gasteiger charge is 2.12. The van der Waals surface area contributed by atoms with E-state index in [4.69, 9.17) is 0 Å². The van der Waals surface area contributed by atoms with Crippen molar-refractivity contribution in [2.45, 2.75) is 12.1 Å². The van der Waals surface area contributed by atoms with Gasteiger partial charge in [-0.1, -0.05) is 42.1 Å². The second kappa shape index (κ2) is 6.66. The van der Waals surface area contributed by atoms with E-state index < -0.39 is 0 Å². The van der Waals surface area contributed by atoms with Gasteiger partial charge in [-0.15, -0.1) is 0 Å². The molecule has 0 fully saturated rings. The Morgan fingerprint density at radius 1 is 1.17 bits per heavy atom. The summed E-state index contributed by atoms with van der Waals surface area (Å²) < 4.78 is 0. The van der Waals surface area contributed by atoms with Crippen LogP contribution in [0.2, 0.25) is 0 Å². The third-order valence-electron chi connectivity index (χ3n) is 3.42. The predicted molar refractivity (Wildman–Crippen MR) is 90.9 cm³/mol. The number of H-pyrrole nitrogens is 2. The molecule has 5 nitrogen and oxygen atoms in total. The van der Waals surface area contributed by atoms with Crippen LogP contribution in [0.5, 0.6) is 0 Å². The van der Waals surface area contributed by atoms with Gasteiger partial charge < -0.3 is 9.97 Å². The molecule has 2 aromatic heterocycles. The van der Waals surface area contributed by atoms with E-state index in [0.29, 0.717) is 22.1 Å². The van der Waals surface area contributed by atoms with Crippen molar-refractivity contribution in [2.24, 2.45) is 0 Å². The molecule has 2 heterocycles. The maximum Gasteiger partial charge on any atom is 0.255 e. The van der Waals surface area contributed by atoms with Crippen LogP contribution in [0, 0.1) is 6.92 Å². The molecule has 0 aliphatic heterocycles. The summed E-state index contributed by atoms with van der Waals surface area (Å²) in [4.78, 5) is 34.2. The Labute approximate surface area is 137 Å². The first-order valence-electron chi connectivity index (χ1n) is 7.11. The number of carbonyl (C=O) groups excluding carboxylic acids is 1. The highest BCUT2D eigenvalue weighted by atomic mass is 32.2. The Bertz CT molecular complexity index is 871. The fourth-order valence-corrected chi connectivity index (χ4v) is 2.92. The molecule has 1 aromatic carbocycles. The van der Waals surface area contributed by atoms with E-state index in [0.717, 1.165) is 5.56 Å². The first-order chi connectivity index (χ1) is 11.1. The number of Topliss-reactive ketones (excluding diaryl/α,β-unsaturated/α-hetero) is 1. The number of nitrogens with one attached hydrogen (secondary N) is 2. The van der Waals surface area contributed by atoms with Gasteiger partial charge in [0, 0.05) is 17.3 Å². The van der Waals surface area contributed by atoms with Crippen molar-refractivity contribution in [3.8, 4) is 11.3 Å². The minimum Gasteiger partial charge on any atom is -0.359 e. The summed E-state index contributed by atoms with van der Waals surface area (Å²) in [6.07, 6.45) is 1.71. The van der Waals surface area contributed by atoms with E-state index >= 15 is 0 Å². The van der Waals surface area contributed by atoms with Gasteiger partial charge in [-0.3, -0.25) is 9.59 Å². The van der Waals surface area contributed by atoms with Gasteiger partial charge in [-0.05, 0) is 19.1 Å². The maximum absolute atomic E-state index is 12.1. The van der Waals surface area contributed by atoms with Gasteiger partial charge in [0.15, 0.2) is 10.9 Å². The number of nitrogens with zero attached hydrogens (tertiary/aromatic N) is 1. The molecule has 0 radical (unpaired) electrons. The van der Waals surface area contributed by atoms with Crippen molar-refractivity contribution >= 4 is 17.5 Å². The first-order valence-corrected chi connectivity index (χ1v) is 8.09. The van der Waals surface area contributed by atoms with Gasteiger partial charge in [-0.25, -0.2) is 4.98 Å². The Hall–Kier alpha value is -2.60. The lowest BCUT2D eigenvalue weighted by Gasteiger charge is -2.07. The standard InChI is InChI=1S/C17H15N3O2S/c1-11-15(12-6-3-2-4-7-12)19-17(20-16(11)22)23-10-14(21)13-8-5-9-18-13/h2-9,18H,10H2,1H3,(H,19,20,22).